The Labute approximate surface area is 208 Å². The van der Waals surface area contributed by atoms with Crippen molar-refractivity contribution >= 4 is 15.7 Å². The SMILES string of the molecule is COc1cccc(CNCC(O)[C@H](Cc2ccccc2)NC(=O)C(O)CS(=O)(=O)CCC(C)C)c1. The Morgan fingerprint density at radius 2 is 1.71 bits per heavy atom. The van der Waals surface area contributed by atoms with Crippen molar-refractivity contribution in [3.63, 3.8) is 0 Å². The highest BCUT2D eigenvalue weighted by atomic mass is 32.2. The molecule has 3 atom stereocenters. The second-order valence-corrected chi connectivity index (χ2v) is 11.4. The van der Waals surface area contributed by atoms with Crippen LogP contribution in [0.25, 0.3) is 0 Å². The minimum Gasteiger partial charge on any atom is -0.497 e. The molecule has 2 aromatic carbocycles. The Bertz CT molecular complexity index is 1010. The van der Waals surface area contributed by atoms with Gasteiger partial charge in [0.1, 0.15) is 11.9 Å². The van der Waals surface area contributed by atoms with Crippen molar-refractivity contribution in [1.29, 1.82) is 0 Å². The molecule has 0 saturated carbocycles. The van der Waals surface area contributed by atoms with Crippen molar-refractivity contribution in [3.05, 3.63) is 65.7 Å². The molecule has 0 bridgehead atoms. The van der Waals surface area contributed by atoms with Crippen molar-refractivity contribution in [2.45, 2.75) is 51.5 Å². The van der Waals surface area contributed by atoms with Gasteiger partial charge in [-0.25, -0.2) is 8.42 Å². The third kappa shape index (κ3) is 10.8. The van der Waals surface area contributed by atoms with Crippen molar-refractivity contribution < 1.29 is 28.2 Å². The summed E-state index contributed by atoms with van der Waals surface area (Å²) in [4.78, 5) is 12.7. The predicted molar refractivity (Wildman–Crippen MR) is 137 cm³/mol. The van der Waals surface area contributed by atoms with E-state index in [-0.39, 0.29) is 18.2 Å². The standard InChI is InChI=1S/C26H38N2O6S/c1-19(2)12-13-35(32,33)18-25(30)26(31)28-23(15-20-8-5-4-6-9-20)24(29)17-27-16-21-10-7-11-22(14-21)34-3/h4-11,14,19,23-25,27,29-30H,12-13,15-18H2,1-3H3,(H,28,31)/t23-,24?,25?/m0/s1. The first kappa shape index (κ1) is 28.8. The zero-order valence-electron chi connectivity index (χ0n) is 20.7. The lowest BCUT2D eigenvalue weighted by molar-refractivity contribution is -0.129. The Hall–Kier alpha value is -2.46. The molecule has 0 spiro atoms. The highest BCUT2D eigenvalue weighted by molar-refractivity contribution is 7.91. The van der Waals surface area contributed by atoms with Crippen LogP contribution in [0.2, 0.25) is 0 Å². The van der Waals surface area contributed by atoms with Gasteiger partial charge in [0.05, 0.1) is 30.8 Å². The van der Waals surface area contributed by atoms with Gasteiger partial charge in [-0.3, -0.25) is 4.79 Å². The van der Waals surface area contributed by atoms with Crippen molar-refractivity contribution in [2.24, 2.45) is 5.92 Å². The molecule has 0 aliphatic rings. The maximum atomic E-state index is 12.7. The third-order valence-electron chi connectivity index (χ3n) is 5.63. The van der Waals surface area contributed by atoms with Gasteiger partial charge in [0.15, 0.2) is 9.84 Å². The van der Waals surface area contributed by atoms with Crippen LogP contribution in [0, 0.1) is 5.92 Å². The molecule has 0 aliphatic carbocycles. The summed E-state index contributed by atoms with van der Waals surface area (Å²) in [7, 11) is -1.99. The maximum Gasteiger partial charge on any atom is 0.250 e. The normalized spacial score (nSPS) is 14.3. The zero-order valence-corrected chi connectivity index (χ0v) is 21.5. The third-order valence-corrected chi connectivity index (χ3v) is 7.31. The lowest BCUT2D eigenvalue weighted by Crippen LogP contribution is -2.52. The molecule has 0 aromatic heterocycles. The summed E-state index contributed by atoms with van der Waals surface area (Å²) in [6.45, 7) is 4.49. The van der Waals surface area contributed by atoms with Gasteiger partial charge in [0.2, 0.25) is 5.91 Å². The number of carbonyl (C=O) groups is 1. The molecule has 35 heavy (non-hydrogen) atoms. The average Bonchev–Trinajstić information content (AvgIpc) is 2.82. The maximum absolute atomic E-state index is 12.7. The topological polar surface area (TPSA) is 125 Å². The fourth-order valence-electron chi connectivity index (χ4n) is 3.53. The first-order valence-electron chi connectivity index (χ1n) is 11.8. The molecule has 0 heterocycles. The van der Waals surface area contributed by atoms with Crippen molar-refractivity contribution in [3.8, 4) is 5.75 Å². The van der Waals surface area contributed by atoms with E-state index in [9.17, 15) is 23.4 Å². The lowest BCUT2D eigenvalue weighted by atomic mass is 10.0. The zero-order chi connectivity index (χ0) is 25.8. The van der Waals surface area contributed by atoms with Crippen LogP contribution < -0.4 is 15.4 Å². The van der Waals surface area contributed by atoms with Gasteiger partial charge in [0, 0.05) is 13.1 Å². The summed E-state index contributed by atoms with van der Waals surface area (Å²) in [5, 5.41) is 27.0. The second-order valence-electron chi connectivity index (χ2n) is 9.17. The summed E-state index contributed by atoms with van der Waals surface area (Å²) in [6, 6.07) is 16.2. The van der Waals surface area contributed by atoms with Gasteiger partial charge in [-0.05, 0) is 42.0 Å². The van der Waals surface area contributed by atoms with E-state index in [0.717, 1.165) is 16.9 Å². The molecule has 0 radical (unpaired) electrons. The highest BCUT2D eigenvalue weighted by Gasteiger charge is 2.28. The van der Waals surface area contributed by atoms with Crippen molar-refractivity contribution in [1.82, 2.24) is 10.6 Å². The monoisotopic (exact) mass is 506 g/mol. The van der Waals surface area contributed by atoms with Crippen LogP contribution >= 0.6 is 0 Å². The number of ether oxygens (including phenoxy) is 1. The van der Waals surface area contributed by atoms with E-state index < -0.39 is 39.7 Å². The molecular weight excluding hydrogens is 468 g/mol. The number of benzene rings is 2. The van der Waals surface area contributed by atoms with Crippen LogP contribution in [0.1, 0.15) is 31.4 Å². The Morgan fingerprint density at radius 3 is 2.37 bits per heavy atom. The van der Waals surface area contributed by atoms with E-state index in [1.165, 1.54) is 0 Å². The molecule has 2 unspecified atom stereocenters. The first-order valence-corrected chi connectivity index (χ1v) is 13.7. The lowest BCUT2D eigenvalue weighted by Gasteiger charge is -2.26. The van der Waals surface area contributed by atoms with E-state index in [1.807, 2.05) is 68.4 Å². The fraction of sp³-hybridized carbons (Fsp3) is 0.500. The molecule has 0 aliphatic heterocycles. The number of aliphatic hydroxyl groups is 2. The summed E-state index contributed by atoms with van der Waals surface area (Å²) in [6.07, 6.45) is -1.90. The minimum absolute atomic E-state index is 0.0841. The Kier molecular flexibility index (Phi) is 11.7. The molecule has 8 nitrogen and oxygen atoms in total. The van der Waals surface area contributed by atoms with Crippen LogP contribution in [0.15, 0.2) is 54.6 Å². The smallest absolute Gasteiger partial charge is 0.250 e. The van der Waals surface area contributed by atoms with E-state index in [0.29, 0.717) is 19.4 Å². The van der Waals surface area contributed by atoms with Gasteiger partial charge in [0.25, 0.3) is 0 Å². The number of aliphatic hydroxyl groups excluding tert-OH is 2. The summed E-state index contributed by atoms with van der Waals surface area (Å²) >= 11 is 0. The van der Waals surface area contributed by atoms with Gasteiger partial charge >= 0.3 is 0 Å². The van der Waals surface area contributed by atoms with Crippen LogP contribution in [-0.2, 0) is 27.6 Å². The van der Waals surface area contributed by atoms with Crippen LogP contribution in [-0.4, -0.2) is 67.9 Å². The number of hydrogen-bond donors (Lipinski definition) is 4. The van der Waals surface area contributed by atoms with E-state index in [2.05, 4.69) is 10.6 Å². The molecule has 4 N–H and O–H groups in total. The van der Waals surface area contributed by atoms with Gasteiger partial charge in [-0.2, -0.15) is 0 Å². The molecule has 1 amide bonds. The molecule has 0 fully saturated rings. The Morgan fingerprint density at radius 1 is 1.03 bits per heavy atom. The fourth-order valence-corrected chi connectivity index (χ4v) is 5.16. The highest BCUT2D eigenvalue weighted by Crippen LogP contribution is 2.13. The second kappa shape index (κ2) is 14.2. The van der Waals surface area contributed by atoms with E-state index >= 15 is 0 Å². The van der Waals surface area contributed by atoms with Gasteiger partial charge in [-0.1, -0.05) is 56.3 Å². The first-order chi connectivity index (χ1) is 16.6. The van der Waals surface area contributed by atoms with Crippen LogP contribution in [0.5, 0.6) is 5.75 Å². The number of hydrogen-bond acceptors (Lipinski definition) is 7. The van der Waals surface area contributed by atoms with E-state index in [4.69, 9.17) is 4.74 Å². The number of rotatable bonds is 15. The minimum atomic E-state index is -3.58. The van der Waals surface area contributed by atoms with Crippen molar-refractivity contribution in [2.75, 3.05) is 25.2 Å². The van der Waals surface area contributed by atoms with Gasteiger partial charge < -0.3 is 25.6 Å². The summed E-state index contributed by atoms with van der Waals surface area (Å²) in [5.41, 5.74) is 1.87. The summed E-state index contributed by atoms with van der Waals surface area (Å²) in [5.74, 6) is -0.611. The van der Waals surface area contributed by atoms with E-state index in [1.54, 1.807) is 7.11 Å². The molecular formula is C26H38N2O6S. The molecule has 2 aromatic rings. The largest absolute Gasteiger partial charge is 0.497 e. The average molecular weight is 507 g/mol. The summed E-state index contributed by atoms with van der Waals surface area (Å²) < 4.78 is 29.8. The number of amides is 1. The number of carbonyl (C=O) groups excluding carboxylic acids is 1. The van der Waals surface area contributed by atoms with Gasteiger partial charge in [-0.15, -0.1) is 0 Å². The number of methoxy groups -OCH3 is 1. The quantitative estimate of drug-likeness (QED) is 0.290. The predicted octanol–water partition coefficient (Wildman–Crippen LogP) is 1.69. The molecule has 0 saturated heterocycles. The van der Waals surface area contributed by atoms with Crippen LogP contribution in [0.3, 0.4) is 0 Å². The number of nitrogens with one attached hydrogen (secondary N) is 2. The molecule has 2 rings (SSSR count). The molecule has 9 heteroatoms. The number of sulfone groups is 1. The Balaban J connectivity index is 2.00. The van der Waals surface area contributed by atoms with Crippen LogP contribution in [0.4, 0.5) is 0 Å². The molecule has 194 valence electrons.